The van der Waals surface area contributed by atoms with Gasteiger partial charge in [0.2, 0.25) is 11.8 Å². The van der Waals surface area contributed by atoms with Crippen LogP contribution in [0, 0.1) is 5.92 Å². The van der Waals surface area contributed by atoms with Crippen molar-refractivity contribution < 1.29 is 14.4 Å². The first kappa shape index (κ1) is 19.3. The van der Waals surface area contributed by atoms with Crippen LogP contribution in [0.4, 0.5) is 0 Å². The van der Waals surface area contributed by atoms with Gasteiger partial charge in [-0.15, -0.1) is 0 Å². The summed E-state index contributed by atoms with van der Waals surface area (Å²) in [7, 11) is 1.82. The maximum absolute atomic E-state index is 13.0. The van der Waals surface area contributed by atoms with Crippen molar-refractivity contribution in [3.05, 3.63) is 0 Å². The molecule has 1 aliphatic carbocycles. The SMILES string of the molecule is CN[C@H]1CCCCCCC[C@@H]2C[C@@]2(C(C)=O)NC(=O)[C@@H]2CCCN2C1=O. The number of amides is 2. The number of carbonyl (C=O) groups is 3. The topological polar surface area (TPSA) is 78.5 Å². The van der Waals surface area contributed by atoms with Crippen LogP contribution in [-0.4, -0.2) is 53.7 Å². The lowest BCUT2D eigenvalue weighted by Crippen LogP contribution is -2.55. The quantitative estimate of drug-likeness (QED) is 0.784. The molecule has 4 atom stereocenters. The molecule has 2 N–H and O–H groups in total. The Morgan fingerprint density at radius 2 is 1.77 bits per heavy atom. The molecule has 2 saturated heterocycles. The van der Waals surface area contributed by atoms with Crippen LogP contribution in [0.2, 0.25) is 0 Å². The Bertz CT molecular complexity index is 565. The van der Waals surface area contributed by atoms with E-state index in [0.717, 1.165) is 51.4 Å². The van der Waals surface area contributed by atoms with Crippen LogP contribution in [0.5, 0.6) is 0 Å². The third-order valence-electron chi connectivity index (χ3n) is 6.61. The summed E-state index contributed by atoms with van der Waals surface area (Å²) in [5.41, 5.74) is -0.670. The van der Waals surface area contributed by atoms with Gasteiger partial charge in [-0.2, -0.15) is 0 Å². The number of ketones is 1. The molecule has 6 nitrogen and oxygen atoms in total. The summed E-state index contributed by atoms with van der Waals surface area (Å²) in [4.78, 5) is 39.9. The number of carbonyl (C=O) groups excluding carboxylic acids is 3. The van der Waals surface area contributed by atoms with Gasteiger partial charge >= 0.3 is 0 Å². The van der Waals surface area contributed by atoms with Crippen molar-refractivity contribution in [1.29, 1.82) is 0 Å². The second kappa shape index (κ2) is 8.07. The van der Waals surface area contributed by atoms with E-state index in [9.17, 15) is 14.4 Å². The summed E-state index contributed by atoms with van der Waals surface area (Å²) in [6.45, 7) is 2.22. The molecule has 3 rings (SSSR count). The number of rotatable bonds is 2. The smallest absolute Gasteiger partial charge is 0.243 e. The normalized spacial score (nSPS) is 36.4. The van der Waals surface area contributed by atoms with Crippen LogP contribution in [-0.2, 0) is 14.4 Å². The van der Waals surface area contributed by atoms with E-state index in [4.69, 9.17) is 0 Å². The van der Waals surface area contributed by atoms with E-state index < -0.39 is 11.6 Å². The van der Waals surface area contributed by atoms with Gasteiger partial charge in [-0.3, -0.25) is 14.4 Å². The van der Waals surface area contributed by atoms with Crippen molar-refractivity contribution >= 4 is 17.6 Å². The molecule has 2 aliphatic heterocycles. The zero-order chi connectivity index (χ0) is 18.7. The van der Waals surface area contributed by atoms with E-state index >= 15 is 0 Å². The first-order valence-electron chi connectivity index (χ1n) is 10.3. The van der Waals surface area contributed by atoms with Crippen LogP contribution in [0.1, 0.15) is 71.1 Å². The molecule has 3 fully saturated rings. The van der Waals surface area contributed by atoms with Crippen LogP contribution in [0.3, 0.4) is 0 Å². The summed E-state index contributed by atoms with van der Waals surface area (Å²) >= 11 is 0. The minimum absolute atomic E-state index is 0.0317. The van der Waals surface area contributed by atoms with Gasteiger partial charge in [0, 0.05) is 6.54 Å². The Morgan fingerprint density at radius 3 is 2.46 bits per heavy atom. The third-order valence-corrected chi connectivity index (χ3v) is 6.61. The van der Waals surface area contributed by atoms with E-state index in [2.05, 4.69) is 10.6 Å². The maximum atomic E-state index is 13.0. The van der Waals surface area contributed by atoms with Crippen molar-refractivity contribution in [1.82, 2.24) is 15.5 Å². The molecule has 0 spiro atoms. The average Bonchev–Trinajstić information content (AvgIpc) is 3.09. The molecular formula is C20H33N3O3. The van der Waals surface area contributed by atoms with Crippen molar-refractivity contribution in [2.45, 2.75) is 88.8 Å². The highest BCUT2D eigenvalue weighted by molar-refractivity contribution is 5.97. The molecule has 2 heterocycles. The van der Waals surface area contributed by atoms with E-state index in [1.807, 2.05) is 7.05 Å². The van der Waals surface area contributed by atoms with E-state index in [1.165, 1.54) is 6.42 Å². The summed E-state index contributed by atoms with van der Waals surface area (Å²) in [5.74, 6) is 0.219. The first-order chi connectivity index (χ1) is 12.5. The number of fused-ring (bicyclic) bond motifs is 2. The molecule has 2 amide bonds. The van der Waals surface area contributed by atoms with E-state index in [0.29, 0.717) is 13.0 Å². The van der Waals surface area contributed by atoms with Gasteiger partial charge in [0.05, 0.1) is 6.04 Å². The van der Waals surface area contributed by atoms with E-state index in [-0.39, 0.29) is 29.6 Å². The summed E-state index contributed by atoms with van der Waals surface area (Å²) in [5, 5.41) is 6.20. The Kier molecular flexibility index (Phi) is 6.00. The van der Waals surface area contributed by atoms with Gasteiger partial charge in [0.25, 0.3) is 0 Å². The van der Waals surface area contributed by atoms with Crippen LogP contribution in [0.15, 0.2) is 0 Å². The fourth-order valence-corrected chi connectivity index (χ4v) is 4.82. The predicted octanol–water partition coefficient (Wildman–Crippen LogP) is 1.77. The highest BCUT2D eigenvalue weighted by Gasteiger charge is 2.59. The zero-order valence-corrected chi connectivity index (χ0v) is 16.2. The highest BCUT2D eigenvalue weighted by Crippen LogP contribution is 2.48. The van der Waals surface area contributed by atoms with Gasteiger partial charge in [-0.05, 0) is 52.0 Å². The minimum atomic E-state index is -0.670. The van der Waals surface area contributed by atoms with E-state index in [1.54, 1.807) is 11.8 Å². The first-order valence-corrected chi connectivity index (χ1v) is 10.3. The second-order valence-electron chi connectivity index (χ2n) is 8.29. The van der Waals surface area contributed by atoms with Crippen LogP contribution in [0.25, 0.3) is 0 Å². The second-order valence-corrected chi connectivity index (χ2v) is 8.29. The zero-order valence-electron chi connectivity index (χ0n) is 16.2. The van der Waals surface area contributed by atoms with Crippen molar-refractivity contribution in [2.75, 3.05) is 13.6 Å². The lowest BCUT2D eigenvalue weighted by atomic mass is 10.0. The summed E-state index contributed by atoms with van der Waals surface area (Å²) < 4.78 is 0. The molecule has 26 heavy (non-hydrogen) atoms. The Labute approximate surface area is 156 Å². The average molecular weight is 364 g/mol. The summed E-state index contributed by atoms with van der Waals surface area (Å²) in [6.07, 6.45) is 9.72. The largest absolute Gasteiger partial charge is 0.342 e. The molecular weight excluding hydrogens is 330 g/mol. The molecule has 0 aromatic carbocycles. The summed E-state index contributed by atoms with van der Waals surface area (Å²) in [6, 6.07) is -0.648. The lowest BCUT2D eigenvalue weighted by Gasteiger charge is -2.29. The molecule has 0 bridgehead atoms. The fraction of sp³-hybridized carbons (Fsp3) is 0.850. The van der Waals surface area contributed by atoms with Crippen molar-refractivity contribution in [3.8, 4) is 0 Å². The number of hydrogen-bond acceptors (Lipinski definition) is 4. The predicted molar refractivity (Wildman–Crippen MR) is 99.6 cm³/mol. The molecule has 1 saturated carbocycles. The Hall–Kier alpha value is -1.43. The molecule has 0 aromatic rings. The number of nitrogens with zero attached hydrogens (tertiary/aromatic N) is 1. The maximum Gasteiger partial charge on any atom is 0.243 e. The van der Waals surface area contributed by atoms with Gasteiger partial charge in [0.15, 0.2) is 5.78 Å². The number of hydrogen-bond donors (Lipinski definition) is 2. The molecule has 6 heteroatoms. The standard InChI is InChI=1S/C20H33N3O3/c1-14(24)20-13-15(20)9-6-4-3-5-7-10-16(21-2)19(26)23-12-8-11-17(23)18(25)22-20/h15-17,21H,3-13H2,1-2H3,(H,22,25)/t15-,16+,17+,20+/m1/s1. The van der Waals surface area contributed by atoms with Crippen molar-refractivity contribution in [3.63, 3.8) is 0 Å². The Morgan fingerprint density at radius 1 is 1.08 bits per heavy atom. The van der Waals surface area contributed by atoms with Crippen molar-refractivity contribution in [2.24, 2.45) is 5.92 Å². The van der Waals surface area contributed by atoms with Crippen LogP contribution >= 0.6 is 0 Å². The molecule has 0 radical (unpaired) electrons. The van der Waals surface area contributed by atoms with Crippen LogP contribution < -0.4 is 10.6 Å². The van der Waals surface area contributed by atoms with Gasteiger partial charge in [-0.25, -0.2) is 0 Å². The number of Topliss-reactive ketones (excluding diaryl/α,β-unsaturated/α-hetero) is 1. The van der Waals surface area contributed by atoms with Gasteiger partial charge < -0.3 is 15.5 Å². The van der Waals surface area contributed by atoms with Gasteiger partial charge in [-0.1, -0.05) is 32.1 Å². The number of nitrogens with one attached hydrogen (secondary N) is 2. The monoisotopic (exact) mass is 363 g/mol. The molecule has 3 aliphatic rings. The minimum Gasteiger partial charge on any atom is -0.342 e. The highest BCUT2D eigenvalue weighted by atomic mass is 16.2. The van der Waals surface area contributed by atoms with Gasteiger partial charge in [0.1, 0.15) is 11.6 Å². The fourth-order valence-electron chi connectivity index (χ4n) is 4.82. The molecule has 146 valence electrons. The molecule has 0 unspecified atom stereocenters. The number of likely N-dealkylation sites (N-methyl/N-ethyl adjacent to an activating group) is 1. The third kappa shape index (κ3) is 3.80. The lowest BCUT2D eigenvalue weighted by molar-refractivity contribution is -0.141. The molecule has 0 aromatic heterocycles. The Balaban J connectivity index is 1.78.